The molecule has 0 bridgehead atoms. The summed E-state index contributed by atoms with van der Waals surface area (Å²) in [5.41, 5.74) is 0.842. The summed E-state index contributed by atoms with van der Waals surface area (Å²) >= 11 is 1.28. The fourth-order valence-electron chi connectivity index (χ4n) is 1.63. The summed E-state index contributed by atoms with van der Waals surface area (Å²) in [5, 5.41) is 9.04. The van der Waals surface area contributed by atoms with Crippen LogP contribution >= 0.6 is 11.3 Å². The lowest BCUT2D eigenvalue weighted by Gasteiger charge is -2.05. The summed E-state index contributed by atoms with van der Waals surface area (Å²) in [6.45, 7) is 1.80. The van der Waals surface area contributed by atoms with Crippen LogP contribution in [0.1, 0.15) is 15.3 Å². The summed E-state index contributed by atoms with van der Waals surface area (Å²) < 4.78 is 26.8. The zero-order valence-corrected chi connectivity index (χ0v) is 12.0. The Balaban J connectivity index is 2.16. The number of hydrogen-bond donors (Lipinski definition) is 2. The van der Waals surface area contributed by atoms with Crippen LogP contribution in [0.25, 0.3) is 0 Å². The first-order valence-electron chi connectivity index (χ1n) is 5.61. The molecule has 0 aromatic carbocycles. The Morgan fingerprint density at radius 2 is 2.05 bits per heavy atom. The van der Waals surface area contributed by atoms with Gasteiger partial charge >= 0.3 is 0 Å². The molecule has 0 radical (unpaired) electrons. The van der Waals surface area contributed by atoms with Crippen LogP contribution in [0.2, 0.25) is 0 Å². The van der Waals surface area contributed by atoms with Gasteiger partial charge in [-0.15, -0.1) is 11.3 Å². The van der Waals surface area contributed by atoms with Gasteiger partial charge in [0.2, 0.25) is 10.0 Å². The van der Waals surface area contributed by atoms with Gasteiger partial charge in [-0.05, 0) is 30.7 Å². The zero-order valence-electron chi connectivity index (χ0n) is 10.3. The molecule has 0 unspecified atom stereocenters. The van der Waals surface area contributed by atoms with E-state index in [0.717, 1.165) is 5.56 Å². The number of nitrogens with one attached hydrogen (secondary N) is 1. The Bertz CT molecular complexity index is 651. The van der Waals surface area contributed by atoms with Crippen molar-refractivity contribution in [1.82, 2.24) is 9.71 Å². The number of aryl methyl sites for hydroxylation is 1. The minimum atomic E-state index is -3.55. The third kappa shape index (κ3) is 3.38. The molecule has 0 aliphatic rings. The number of thiophene rings is 1. The van der Waals surface area contributed by atoms with Crippen LogP contribution in [0.15, 0.2) is 35.5 Å². The Hall–Kier alpha value is -1.28. The summed E-state index contributed by atoms with van der Waals surface area (Å²) in [7, 11) is -3.55. The number of pyridine rings is 1. The Kier molecular flexibility index (Phi) is 4.31. The largest absolute Gasteiger partial charge is 0.391 e. The highest BCUT2D eigenvalue weighted by molar-refractivity contribution is 7.89. The summed E-state index contributed by atoms with van der Waals surface area (Å²) in [6, 6.07) is 5.01. The number of sulfonamides is 1. The summed E-state index contributed by atoms with van der Waals surface area (Å²) in [4.78, 5) is 5.42. The van der Waals surface area contributed by atoms with Crippen LogP contribution in [0.3, 0.4) is 0 Å². The Labute approximate surface area is 116 Å². The molecule has 0 amide bonds. The van der Waals surface area contributed by atoms with Crippen LogP contribution in [-0.2, 0) is 23.2 Å². The molecule has 0 saturated carbocycles. The van der Waals surface area contributed by atoms with Crippen LogP contribution in [0.4, 0.5) is 0 Å². The molecule has 2 aromatic rings. The van der Waals surface area contributed by atoms with Crippen molar-refractivity contribution in [3.8, 4) is 0 Å². The first-order valence-corrected chi connectivity index (χ1v) is 7.91. The van der Waals surface area contributed by atoms with Crippen molar-refractivity contribution >= 4 is 21.4 Å². The Morgan fingerprint density at radius 3 is 2.63 bits per heavy atom. The van der Waals surface area contributed by atoms with Gasteiger partial charge in [-0.3, -0.25) is 4.98 Å². The topological polar surface area (TPSA) is 79.3 Å². The van der Waals surface area contributed by atoms with Gasteiger partial charge in [-0.2, -0.15) is 0 Å². The van der Waals surface area contributed by atoms with Crippen molar-refractivity contribution in [1.29, 1.82) is 0 Å². The van der Waals surface area contributed by atoms with Crippen molar-refractivity contribution in [2.75, 3.05) is 0 Å². The maximum atomic E-state index is 12.2. The van der Waals surface area contributed by atoms with Crippen molar-refractivity contribution in [2.24, 2.45) is 0 Å². The minimum absolute atomic E-state index is 0.147. The van der Waals surface area contributed by atoms with E-state index in [2.05, 4.69) is 9.71 Å². The van der Waals surface area contributed by atoms with E-state index >= 15 is 0 Å². The second-order valence-corrected chi connectivity index (χ2v) is 7.05. The molecule has 0 aliphatic carbocycles. The second kappa shape index (κ2) is 5.79. The standard InChI is InChI=1S/C12H14N2O3S2/c1-9-12(6-11(8-15)18-9)19(16,17)14-7-10-2-4-13-5-3-10/h2-6,14-15H,7-8H2,1H3. The monoisotopic (exact) mass is 298 g/mol. The van der Waals surface area contributed by atoms with E-state index in [0.29, 0.717) is 9.75 Å². The fourth-order valence-corrected chi connectivity index (χ4v) is 4.14. The number of nitrogens with zero attached hydrogens (tertiary/aromatic N) is 1. The molecule has 2 rings (SSSR count). The smallest absolute Gasteiger partial charge is 0.241 e. The van der Waals surface area contributed by atoms with Crippen LogP contribution < -0.4 is 4.72 Å². The maximum Gasteiger partial charge on any atom is 0.241 e. The molecule has 2 aromatic heterocycles. The van der Waals surface area contributed by atoms with Crippen molar-refractivity contribution in [2.45, 2.75) is 25.0 Å². The van der Waals surface area contributed by atoms with E-state index in [1.807, 2.05) is 0 Å². The molecule has 0 atom stereocenters. The molecule has 2 N–H and O–H groups in total. The van der Waals surface area contributed by atoms with Gasteiger partial charge in [0.25, 0.3) is 0 Å². The third-order valence-electron chi connectivity index (χ3n) is 2.58. The molecular weight excluding hydrogens is 284 g/mol. The van der Waals surface area contributed by atoms with Gasteiger partial charge in [-0.25, -0.2) is 13.1 Å². The lowest BCUT2D eigenvalue weighted by atomic mass is 10.3. The molecular formula is C12H14N2O3S2. The number of aliphatic hydroxyl groups is 1. The third-order valence-corrected chi connectivity index (χ3v) is 5.28. The molecule has 0 spiro atoms. The van der Waals surface area contributed by atoms with Gasteiger partial charge in [-0.1, -0.05) is 0 Å². The van der Waals surface area contributed by atoms with Crippen molar-refractivity contribution in [3.05, 3.63) is 45.9 Å². The maximum absolute atomic E-state index is 12.2. The van der Waals surface area contributed by atoms with Crippen molar-refractivity contribution < 1.29 is 13.5 Å². The van der Waals surface area contributed by atoms with Crippen LogP contribution in [0, 0.1) is 6.92 Å². The average Bonchev–Trinajstić information content (AvgIpc) is 2.80. The van der Waals surface area contributed by atoms with E-state index in [1.54, 1.807) is 31.5 Å². The molecule has 7 heteroatoms. The Morgan fingerprint density at radius 1 is 1.37 bits per heavy atom. The second-order valence-electron chi connectivity index (χ2n) is 3.97. The molecule has 19 heavy (non-hydrogen) atoms. The van der Waals surface area contributed by atoms with E-state index in [1.165, 1.54) is 17.4 Å². The SMILES string of the molecule is Cc1sc(CO)cc1S(=O)(=O)NCc1ccncc1. The predicted octanol–water partition coefficient (Wildman–Crippen LogP) is 1.42. The van der Waals surface area contributed by atoms with Gasteiger partial charge in [0, 0.05) is 28.7 Å². The predicted molar refractivity (Wildman–Crippen MR) is 73.2 cm³/mol. The van der Waals surface area contributed by atoms with E-state index < -0.39 is 10.0 Å². The zero-order chi connectivity index (χ0) is 13.9. The lowest BCUT2D eigenvalue weighted by Crippen LogP contribution is -2.23. The quantitative estimate of drug-likeness (QED) is 0.875. The highest BCUT2D eigenvalue weighted by Gasteiger charge is 2.19. The number of hydrogen-bond acceptors (Lipinski definition) is 5. The molecule has 0 saturated heterocycles. The lowest BCUT2D eigenvalue weighted by molar-refractivity contribution is 0.285. The highest BCUT2D eigenvalue weighted by atomic mass is 32.2. The van der Waals surface area contributed by atoms with Crippen LogP contribution in [-0.4, -0.2) is 18.5 Å². The summed E-state index contributed by atoms with van der Waals surface area (Å²) in [5.74, 6) is 0. The van der Waals surface area contributed by atoms with Gasteiger partial charge in [0.1, 0.15) is 0 Å². The first kappa shape index (κ1) is 14.1. The average molecular weight is 298 g/mol. The minimum Gasteiger partial charge on any atom is -0.391 e. The van der Waals surface area contributed by atoms with Gasteiger partial charge in [0.15, 0.2) is 0 Å². The molecule has 102 valence electrons. The van der Waals surface area contributed by atoms with Gasteiger partial charge < -0.3 is 5.11 Å². The number of aliphatic hydroxyl groups excluding tert-OH is 1. The van der Waals surface area contributed by atoms with Crippen LogP contribution in [0.5, 0.6) is 0 Å². The normalized spacial score (nSPS) is 11.7. The molecule has 2 heterocycles. The van der Waals surface area contributed by atoms with E-state index in [9.17, 15) is 8.42 Å². The van der Waals surface area contributed by atoms with Crippen molar-refractivity contribution in [3.63, 3.8) is 0 Å². The first-order chi connectivity index (χ1) is 9.03. The summed E-state index contributed by atoms with van der Waals surface area (Å²) in [6.07, 6.45) is 3.23. The number of aromatic nitrogens is 1. The highest BCUT2D eigenvalue weighted by Crippen LogP contribution is 2.25. The molecule has 5 nitrogen and oxygen atoms in total. The van der Waals surface area contributed by atoms with E-state index in [4.69, 9.17) is 5.11 Å². The fraction of sp³-hybridized carbons (Fsp3) is 0.250. The molecule has 0 aliphatic heterocycles. The number of rotatable bonds is 5. The molecule has 0 fully saturated rings. The van der Waals surface area contributed by atoms with Gasteiger partial charge in [0.05, 0.1) is 11.5 Å². The van der Waals surface area contributed by atoms with E-state index in [-0.39, 0.29) is 18.0 Å².